The molecular weight excluding hydrogens is 359 g/mol. The van der Waals surface area contributed by atoms with Crippen molar-refractivity contribution < 1.29 is 18.0 Å². The van der Waals surface area contributed by atoms with Crippen LogP contribution in [0, 0.1) is 0 Å². The summed E-state index contributed by atoms with van der Waals surface area (Å²) in [7, 11) is 0. The van der Waals surface area contributed by atoms with E-state index in [9.17, 15) is 18.0 Å². The van der Waals surface area contributed by atoms with E-state index in [4.69, 9.17) is 0 Å². The average Bonchev–Trinajstić information content (AvgIpc) is 3.10. The number of nitrogens with zero attached hydrogens (tertiary/aromatic N) is 4. The van der Waals surface area contributed by atoms with Gasteiger partial charge in [0.2, 0.25) is 11.9 Å². The number of anilines is 2. The van der Waals surface area contributed by atoms with E-state index in [2.05, 4.69) is 26.7 Å². The summed E-state index contributed by atoms with van der Waals surface area (Å²) >= 11 is 0. The third kappa shape index (κ3) is 4.79. The number of aromatic nitrogens is 2. The van der Waals surface area contributed by atoms with E-state index in [0.717, 1.165) is 50.8 Å². The number of piperazine rings is 1. The highest BCUT2D eigenvalue weighted by atomic mass is 19.4. The van der Waals surface area contributed by atoms with Crippen LogP contribution in [0.5, 0.6) is 0 Å². The molecule has 9 heteroatoms. The van der Waals surface area contributed by atoms with E-state index < -0.39 is 11.7 Å². The second-order valence-corrected chi connectivity index (χ2v) is 6.40. The Morgan fingerprint density at radius 1 is 1.15 bits per heavy atom. The molecule has 0 bridgehead atoms. The van der Waals surface area contributed by atoms with Gasteiger partial charge >= 0.3 is 6.18 Å². The summed E-state index contributed by atoms with van der Waals surface area (Å²) in [6.45, 7) is 6.10. The third-order valence-corrected chi connectivity index (χ3v) is 4.55. The molecule has 1 aromatic heterocycles. The van der Waals surface area contributed by atoms with Gasteiger partial charge in [0, 0.05) is 50.8 Å². The molecule has 0 spiro atoms. The first kappa shape index (κ1) is 19.2. The van der Waals surface area contributed by atoms with Gasteiger partial charge in [-0.25, -0.2) is 4.98 Å². The van der Waals surface area contributed by atoms with Gasteiger partial charge in [0.25, 0.3) is 0 Å². The number of hydrogen-bond acceptors (Lipinski definition) is 4. The Morgan fingerprint density at radius 3 is 2.41 bits per heavy atom. The molecule has 146 valence electrons. The summed E-state index contributed by atoms with van der Waals surface area (Å²) in [6, 6.07) is 4.46. The summed E-state index contributed by atoms with van der Waals surface area (Å²) < 4.78 is 39.8. The molecule has 1 saturated heterocycles. The van der Waals surface area contributed by atoms with Crippen LogP contribution in [0.1, 0.15) is 12.5 Å². The summed E-state index contributed by atoms with van der Waals surface area (Å²) in [6.07, 6.45) is -0.656. The Morgan fingerprint density at radius 2 is 1.81 bits per heavy atom. The van der Waals surface area contributed by atoms with Crippen LogP contribution in [-0.2, 0) is 17.5 Å². The standard InChI is InChI=1S/C18H22F3N5O/c1-2-25-8-7-22-17(25)26-11-9-24(10-12-26)13-16(27)23-15-5-3-14(4-6-15)18(19,20)21/h3-8H,2,9-13H2,1H3,(H,23,27). The van der Waals surface area contributed by atoms with E-state index in [1.54, 1.807) is 6.20 Å². The molecule has 3 rings (SSSR count). The molecule has 1 amide bonds. The van der Waals surface area contributed by atoms with Crippen LogP contribution in [-0.4, -0.2) is 53.1 Å². The maximum absolute atomic E-state index is 12.6. The molecule has 0 saturated carbocycles. The molecule has 0 radical (unpaired) electrons. The molecule has 27 heavy (non-hydrogen) atoms. The van der Waals surface area contributed by atoms with Crippen molar-refractivity contribution in [3.63, 3.8) is 0 Å². The minimum atomic E-state index is -4.38. The van der Waals surface area contributed by atoms with Crippen molar-refractivity contribution in [1.82, 2.24) is 14.5 Å². The van der Waals surface area contributed by atoms with Gasteiger partial charge in [-0.1, -0.05) is 0 Å². The highest BCUT2D eigenvalue weighted by Gasteiger charge is 2.30. The van der Waals surface area contributed by atoms with Crippen molar-refractivity contribution in [2.45, 2.75) is 19.6 Å². The Balaban J connectivity index is 1.48. The Hall–Kier alpha value is -2.55. The minimum absolute atomic E-state index is 0.205. The maximum atomic E-state index is 12.6. The first-order chi connectivity index (χ1) is 12.9. The van der Waals surface area contributed by atoms with Gasteiger partial charge in [-0.05, 0) is 31.2 Å². The van der Waals surface area contributed by atoms with Crippen molar-refractivity contribution in [3.05, 3.63) is 42.2 Å². The highest BCUT2D eigenvalue weighted by molar-refractivity contribution is 5.92. The number of nitrogens with one attached hydrogen (secondary N) is 1. The number of carbonyl (C=O) groups excluding carboxylic acids is 1. The molecule has 2 heterocycles. The summed E-state index contributed by atoms with van der Waals surface area (Å²) in [5.41, 5.74) is -0.376. The van der Waals surface area contributed by atoms with E-state index in [0.29, 0.717) is 5.69 Å². The maximum Gasteiger partial charge on any atom is 0.416 e. The summed E-state index contributed by atoms with van der Waals surface area (Å²) in [4.78, 5) is 20.8. The van der Waals surface area contributed by atoms with Gasteiger partial charge in [0.1, 0.15) is 0 Å². The van der Waals surface area contributed by atoms with Crippen LogP contribution in [0.4, 0.5) is 24.8 Å². The third-order valence-electron chi connectivity index (χ3n) is 4.55. The summed E-state index contributed by atoms with van der Waals surface area (Å²) in [5.74, 6) is 0.699. The van der Waals surface area contributed by atoms with E-state index in [1.165, 1.54) is 12.1 Å². The second kappa shape index (κ2) is 7.99. The van der Waals surface area contributed by atoms with Gasteiger partial charge in [0.05, 0.1) is 12.1 Å². The van der Waals surface area contributed by atoms with Crippen LogP contribution < -0.4 is 10.2 Å². The number of aryl methyl sites for hydroxylation is 1. The number of halogens is 3. The lowest BCUT2D eigenvalue weighted by Gasteiger charge is -2.35. The number of rotatable bonds is 5. The normalized spacial score (nSPS) is 15.8. The topological polar surface area (TPSA) is 53.4 Å². The Kier molecular flexibility index (Phi) is 5.69. The first-order valence-corrected chi connectivity index (χ1v) is 8.82. The minimum Gasteiger partial charge on any atom is -0.340 e. The fourth-order valence-electron chi connectivity index (χ4n) is 3.08. The smallest absolute Gasteiger partial charge is 0.340 e. The predicted octanol–water partition coefficient (Wildman–Crippen LogP) is 2.68. The second-order valence-electron chi connectivity index (χ2n) is 6.40. The van der Waals surface area contributed by atoms with Gasteiger partial charge in [-0.2, -0.15) is 13.2 Å². The molecule has 0 aliphatic carbocycles. The molecule has 1 aliphatic rings. The van der Waals surface area contributed by atoms with Gasteiger partial charge in [-0.15, -0.1) is 0 Å². The number of imidazole rings is 1. The van der Waals surface area contributed by atoms with Crippen molar-refractivity contribution in [2.75, 3.05) is 42.9 Å². The fourth-order valence-corrected chi connectivity index (χ4v) is 3.08. The van der Waals surface area contributed by atoms with Crippen LogP contribution in [0.3, 0.4) is 0 Å². The monoisotopic (exact) mass is 381 g/mol. The zero-order chi connectivity index (χ0) is 19.4. The van der Waals surface area contributed by atoms with Crippen LogP contribution in [0.25, 0.3) is 0 Å². The number of alkyl halides is 3. The molecule has 0 atom stereocenters. The number of hydrogen-bond donors (Lipinski definition) is 1. The van der Waals surface area contributed by atoms with Crippen molar-refractivity contribution in [2.24, 2.45) is 0 Å². The zero-order valence-electron chi connectivity index (χ0n) is 15.0. The Labute approximate surface area is 155 Å². The largest absolute Gasteiger partial charge is 0.416 e. The van der Waals surface area contributed by atoms with Crippen molar-refractivity contribution in [3.8, 4) is 0 Å². The van der Waals surface area contributed by atoms with Gasteiger partial charge in [0.15, 0.2) is 0 Å². The molecule has 1 N–H and O–H groups in total. The van der Waals surface area contributed by atoms with Crippen molar-refractivity contribution in [1.29, 1.82) is 0 Å². The highest BCUT2D eigenvalue weighted by Crippen LogP contribution is 2.29. The predicted molar refractivity (Wildman–Crippen MR) is 96.6 cm³/mol. The van der Waals surface area contributed by atoms with Gasteiger partial charge in [-0.3, -0.25) is 9.69 Å². The lowest BCUT2D eigenvalue weighted by molar-refractivity contribution is -0.137. The SMILES string of the molecule is CCn1ccnc1N1CCN(CC(=O)Nc2ccc(C(F)(F)F)cc2)CC1. The molecule has 1 aliphatic heterocycles. The molecule has 2 aromatic rings. The molecule has 1 aromatic carbocycles. The van der Waals surface area contributed by atoms with E-state index >= 15 is 0 Å². The van der Waals surface area contributed by atoms with E-state index in [1.807, 2.05) is 11.1 Å². The lowest BCUT2D eigenvalue weighted by atomic mass is 10.2. The van der Waals surface area contributed by atoms with Crippen LogP contribution in [0.2, 0.25) is 0 Å². The molecular formula is C18H22F3N5O. The quantitative estimate of drug-likeness (QED) is 0.865. The fraction of sp³-hybridized carbons (Fsp3) is 0.444. The van der Waals surface area contributed by atoms with Crippen LogP contribution in [0.15, 0.2) is 36.7 Å². The van der Waals surface area contributed by atoms with Gasteiger partial charge < -0.3 is 14.8 Å². The van der Waals surface area contributed by atoms with Crippen molar-refractivity contribution >= 4 is 17.5 Å². The Bertz CT molecular complexity index is 764. The van der Waals surface area contributed by atoms with Crippen LogP contribution >= 0.6 is 0 Å². The summed E-state index contributed by atoms with van der Waals surface area (Å²) in [5, 5.41) is 2.65. The molecule has 6 nitrogen and oxygen atoms in total. The zero-order valence-corrected chi connectivity index (χ0v) is 15.0. The lowest BCUT2D eigenvalue weighted by Crippen LogP contribution is -2.49. The van der Waals surface area contributed by atoms with E-state index in [-0.39, 0.29) is 12.5 Å². The molecule has 1 fully saturated rings. The number of carbonyl (C=O) groups is 1. The number of amides is 1. The number of benzene rings is 1. The first-order valence-electron chi connectivity index (χ1n) is 8.82. The molecule has 0 unspecified atom stereocenters. The average molecular weight is 381 g/mol.